The monoisotopic (exact) mass is 286 g/mol. The second kappa shape index (κ2) is 5.63. The van der Waals surface area contributed by atoms with Gasteiger partial charge in [-0.1, -0.05) is 0 Å². The van der Waals surface area contributed by atoms with Gasteiger partial charge in [-0.2, -0.15) is 10.4 Å². The number of nitro groups is 1. The van der Waals surface area contributed by atoms with Crippen molar-refractivity contribution in [3.63, 3.8) is 0 Å². The maximum Gasteiger partial charge on any atom is 0.312 e. The molecule has 7 nitrogen and oxygen atoms in total. The minimum atomic E-state index is -0.433. The number of hydrogen-bond acceptors (Lipinski definition) is 5. The Morgan fingerprint density at radius 2 is 2.19 bits per heavy atom. The Balaban J connectivity index is 2.46. The molecule has 108 valence electrons. The summed E-state index contributed by atoms with van der Waals surface area (Å²) in [6.45, 7) is 3.56. The van der Waals surface area contributed by atoms with E-state index in [1.54, 1.807) is 36.7 Å². The Morgan fingerprint density at radius 1 is 1.48 bits per heavy atom. The van der Waals surface area contributed by atoms with Crippen molar-refractivity contribution in [3.8, 4) is 11.8 Å². The maximum absolute atomic E-state index is 11.0. The van der Waals surface area contributed by atoms with Crippen LogP contribution in [0.4, 0.5) is 5.69 Å². The third-order valence-electron chi connectivity index (χ3n) is 3.26. The van der Waals surface area contributed by atoms with Crippen LogP contribution >= 0.6 is 0 Å². The zero-order valence-corrected chi connectivity index (χ0v) is 12.0. The molecule has 0 N–H and O–H groups in total. The normalized spacial score (nSPS) is 10.2. The molecule has 0 atom stereocenters. The Morgan fingerprint density at radius 3 is 2.71 bits per heavy atom. The third-order valence-corrected chi connectivity index (χ3v) is 3.26. The van der Waals surface area contributed by atoms with E-state index >= 15 is 0 Å². The molecule has 0 aliphatic carbocycles. The van der Waals surface area contributed by atoms with Crippen LogP contribution in [0, 0.1) is 35.3 Å². The van der Waals surface area contributed by atoms with E-state index in [1.807, 2.05) is 0 Å². The fourth-order valence-corrected chi connectivity index (χ4v) is 2.24. The highest BCUT2D eigenvalue weighted by Gasteiger charge is 2.22. The van der Waals surface area contributed by atoms with Crippen molar-refractivity contribution in [2.45, 2.75) is 20.4 Å². The zero-order chi connectivity index (χ0) is 15.6. The number of aromatic nitrogens is 2. The van der Waals surface area contributed by atoms with Crippen molar-refractivity contribution in [1.29, 1.82) is 5.26 Å². The first-order valence-electron chi connectivity index (χ1n) is 6.23. The molecule has 7 heteroatoms. The lowest BCUT2D eigenvalue weighted by molar-refractivity contribution is -0.386. The molecule has 0 unspecified atom stereocenters. The SMILES string of the molecule is COc1ccc(C#N)cc1Cn1nc(C)c([N+](=O)[O-])c1C. The second-order valence-electron chi connectivity index (χ2n) is 4.57. The van der Waals surface area contributed by atoms with Crippen molar-refractivity contribution >= 4 is 5.69 Å². The summed E-state index contributed by atoms with van der Waals surface area (Å²) in [5, 5.41) is 24.2. The maximum atomic E-state index is 11.0. The van der Waals surface area contributed by atoms with E-state index in [4.69, 9.17) is 10.00 Å². The summed E-state index contributed by atoms with van der Waals surface area (Å²) in [7, 11) is 1.54. The van der Waals surface area contributed by atoms with Gasteiger partial charge in [0.15, 0.2) is 0 Å². The van der Waals surface area contributed by atoms with Gasteiger partial charge in [0.1, 0.15) is 17.1 Å². The minimum absolute atomic E-state index is 0.0189. The summed E-state index contributed by atoms with van der Waals surface area (Å²) in [5.41, 5.74) is 2.11. The fraction of sp³-hybridized carbons (Fsp3) is 0.286. The topological polar surface area (TPSA) is 94.0 Å². The summed E-state index contributed by atoms with van der Waals surface area (Å²) in [6.07, 6.45) is 0. The van der Waals surface area contributed by atoms with Crippen LogP contribution in [-0.2, 0) is 6.54 Å². The first-order chi connectivity index (χ1) is 9.97. The Labute approximate surface area is 121 Å². The second-order valence-corrected chi connectivity index (χ2v) is 4.57. The van der Waals surface area contributed by atoms with Gasteiger partial charge >= 0.3 is 5.69 Å². The Bertz CT molecular complexity index is 743. The standard InChI is InChI=1S/C14H14N4O3/c1-9-14(18(19)20)10(2)17(16-9)8-12-6-11(7-15)4-5-13(12)21-3/h4-6H,8H2,1-3H3. The summed E-state index contributed by atoms with van der Waals surface area (Å²) in [6, 6.07) is 7.12. The molecular weight excluding hydrogens is 272 g/mol. The van der Waals surface area contributed by atoms with Crippen molar-refractivity contribution in [1.82, 2.24) is 9.78 Å². The number of nitriles is 1. The first kappa shape index (κ1) is 14.5. The van der Waals surface area contributed by atoms with Gasteiger partial charge < -0.3 is 4.74 Å². The average molecular weight is 286 g/mol. The van der Waals surface area contributed by atoms with Crippen molar-refractivity contribution in [3.05, 3.63) is 50.8 Å². The van der Waals surface area contributed by atoms with Gasteiger partial charge in [0.25, 0.3) is 0 Å². The molecule has 0 aliphatic rings. The molecule has 0 amide bonds. The first-order valence-corrected chi connectivity index (χ1v) is 6.23. The summed E-state index contributed by atoms with van der Waals surface area (Å²) >= 11 is 0. The fourth-order valence-electron chi connectivity index (χ4n) is 2.24. The number of nitrogens with zero attached hydrogens (tertiary/aromatic N) is 4. The largest absolute Gasteiger partial charge is 0.496 e. The van der Waals surface area contributed by atoms with Crippen LogP contribution in [-0.4, -0.2) is 21.8 Å². The highest BCUT2D eigenvalue weighted by Crippen LogP contribution is 2.25. The van der Waals surface area contributed by atoms with E-state index < -0.39 is 4.92 Å². The van der Waals surface area contributed by atoms with Gasteiger partial charge in [-0.15, -0.1) is 0 Å². The van der Waals surface area contributed by atoms with Gasteiger partial charge in [0.2, 0.25) is 0 Å². The third kappa shape index (κ3) is 2.69. The lowest BCUT2D eigenvalue weighted by atomic mass is 10.1. The highest BCUT2D eigenvalue weighted by atomic mass is 16.6. The van der Waals surface area contributed by atoms with Crippen LogP contribution in [0.15, 0.2) is 18.2 Å². The Kier molecular flexibility index (Phi) is 3.89. The molecule has 2 rings (SSSR count). The number of methoxy groups -OCH3 is 1. The van der Waals surface area contributed by atoms with Crippen LogP contribution in [0.5, 0.6) is 5.75 Å². The number of benzene rings is 1. The summed E-state index contributed by atoms with van der Waals surface area (Å²) < 4.78 is 6.81. The predicted molar refractivity (Wildman–Crippen MR) is 75.2 cm³/mol. The van der Waals surface area contributed by atoms with Crippen LogP contribution in [0.3, 0.4) is 0 Å². The molecule has 0 saturated heterocycles. The van der Waals surface area contributed by atoms with Crippen molar-refractivity contribution in [2.24, 2.45) is 0 Å². The highest BCUT2D eigenvalue weighted by molar-refractivity contribution is 5.44. The number of rotatable bonds is 4. The lowest BCUT2D eigenvalue weighted by Crippen LogP contribution is -2.06. The Hall–Kier alpha value is -2.88. The zero-order valence-electron chi connectivity index (χ0n) is 12.0. The van der Waals surface area contributed by atoms with E-state index in [0.717, 1.165) is 5.56 Å². The molecular formula is C14H14N4O3. The molecule has 0 fully saturated rings. The van der Waals surface area contributed by atoms with Gasteiger partial charge in [-0.05, 0) is 32.0 Å². The molecule has 1 heterocycles. The summed E-state index contributed by atoms with van der Waals surface area (Å²) in [4.78, 5) is 10.6. The molecule has 1 aromatic carbocycles. The van der Waals surface area contributed by atoms with E-state index in [1.165, 1.54) is 7.11 Å². The van der Waals surface area contributed by atoms with Gasteiger partial charge in [-0.25, -0.2) is 0 Å². The van der Waals surface area contributed by atoms with E-state index in [2.05, 4.69) is 11.2 Å². The van der Waals surface area contributed by atoms with Gasteiger partial charge in [0, 0.05) is 5.56 Å². The molecule has 0 spiro atoms. The summed E-state index contributed by atoms with van der Waals surface area (Å²) in [5.74, 6) is 0.615. The van der Waals surface area contributed by atoms with Crippen LogP contribution in [0.2, 0.25) is 0 Å². The van der Waals surface area contributed by atoms with E-state index in [0.29, 0.717) is 29.2 Å². The minimum Gasteiger partial charge on any atom is -0.496 e. The smallest absolute Gasteiger partial charge is 0.312 e. The average Bonchev–Trinajstić information content (AvgIpc) is 2.73. The van der Waals surface area contributed by atoms with Crippen LogP contribution < -0.4 is 4.74 Å². The molecule has 21 heavy (non-hydrogen) atoms. The van der Waals surface area contributed by atoms with Crippen molar-refractivity contribution < 1.29 is 9.66 Å². The lowest BCUT2D eigenvalue weighted by Gasteiger charge is -2.09. The van der Waals surface area contributed by atoms with E-state index in [-0.39, 0.29) is 5.69 Å². The van der Waals surface area contributed by atoms with E-state index in [9.17, 15) is 10.1 Å². The molecule has 0 radical (unpaired) electrons. The molecule has 1 aromatic heterocycles. The van der Waals surface area contributed by atoms with Crippen molar-refractivity contribution in [2.75, 3.05) is 7.11 Å². The van der Waals surface area contributed by atoms with Crippen LogP contribution in [0.1, 0.15) is 22.5 Å². The number of hydrogen-bond donors (Lipinski definition) is 0. The van der Waals surface area contributed by atoms with Gasteiger partial charge in [-0.3, -0.25) is 14.8 Å². The van der Waals surface area contributed by atoms with Crippen LogP contribution in [0.25, 0.3) is 0 Å². The number of aryl methyl sites for hydroxylation is 1. The quantitative estimate of drug-likeness (QED) is 0.635. The molecule has 0 saturated carbocycles. The molecule has 2 aromatic rings. The number of ether oxygens (including phenoxy) is 1. The van der Waals surface area contributed by atoms with Gasteiger partial charge in [0.05, 0.1) is 30.2 Å². The predicted octanol–water partition coefficient (Wildman–Crippen LogP) is 2.34. The molecule has 0 bridgehead atoms. The molecule has 0 aliphatic heterocycles.